The van der Waals surface area contributed by atoms with Crippen LogP contribution in [0, 0.1) is 5.92 Å². The number of amides is 1. The largest absolute Gasteiger partial charge is 0.362 e. The van der Waals surface area contributed by atoms with Gasteiger partial charge in [-0.2, -0.15) is 4.31 Å². The zero-order chi connectivity index (χ0) is 22.7. The summed E-state index contributed by atoms with van der Waals surface area (Å²) >= 11 is 0. The molecule has 1 aliphatic heterocycles. The van der Waals surface area contributed by atoms with E-state index < -0.39 is 10.0 Å². The first-order chi connectivity index (χ1) is 15.4. The van der Waals surface area contributed by atoms with Gasteiger partial charge in [0, 0.05) is 51.4 Å². The van der Waals surface area contributed by atoms with E-state index in [2.05, 4.69) is 10.3 Å². The van der Waals surface area contributed by atoms with Gasteiger partial charge in [-0.25, -0.2) is 13.4 Å². The summed E-state index contributed by atoms with van der Waals surface area (Å²) in [6.45, 7) is 1.15. The number of hydrogen-bond donors (Lipinski definition) is 1. The molecule has 0 atom stereocenters. The fourth-order valence-electron chi connectivity index (χ4n) is 4.68. The number of anilines is 1. The van der Waals surface area contributed by atoms with Gasteiger partial charge in [0.05, 0.1) is 4.90 Å². The Bertz CT molecular complexity index is 1080. The van der Waals surface area contributed by atoms with E-state index in [9.17, 15) is 13.2 Å². The smallest absolute Gasteiger partial charge is 0.243 e. The third-order valence-corrected chi connectivity index (χ3v) is 8.42. The van der Waals surface area contributed by atoms with Crippen molar-refractivity contribution in [2.75, 3.05) is 32.1 Å². The normalized spacial score (nSPS) is 17.6. The van der Waals surface area contributed by atoms with Crippen LogP contribution in [-0.2, 0) is 34.2 Å². The second-order valence-electron chi connectivity index (χ2n) is 8.91. The molecule has 1 aromatic carbocycles. The van der Waals surface area contributed by atoms with Gasteiger partial charge < -0.3 is 10.2 Å². The van der Waals surface area contributed by atoms with E-state index in [1.165, 1.54) is 21.9 Å². The Kier molecular flexibility index (Phi) is 6.81. The number of carbonyl (C=O) groups is 1. The molecule has 1 aromatic heterocycles. The van der Waals surface area contributed by atoms with E-state index >= 15 is 0 Å². The molecule has 0 saturated carbocycles. The van der Waals surface area contributed by atoms with Crippen LogP contribution in [0.15, 0.2) is 41.4 Å². The molecule has 1 saturated heterocycles. The minimum absolute atomic E-state index is 0.0237. The van der Waals surface area contributed by atoms with Crippen molar-refractivity contribution >= 4 is 21.7 Å². The maximum Gasteiger partial charge on any atom is 0.243 e. The standard InChI is InChI=1S/C24H32N4O3S/c1-27(2)23-21(8-5-13-25-23)17-26-24(29)19-11-14-28(15-12-19)32(30,31)22-10-9-18-6-3-4-7-20(18)16-22/h5,8-10,13,16,19H,3-4,6-7,11-12,14-15,17H2,1-2H3,(H,26,29). The van der Waals surface area contributed by atoms with Gasteiger partial charge in [0.1, 0.15) is 5.82 Å². The molecule has 1 aliphatic carbocycles. The number of fused-ring (bicyclic) bond motifs is 1. The minimum Gasteiger partial charge on any atom is -0.362 e. The highest BCUT2D eigenvalue weighted by atomic mass is 32.2. The summed E-state index contributed by atoms with van der Waals surface area (Å²) in [7, 11) is 0.319. The quantitative estimate of drug-likeness (QED) is 0.723. The van der Waals surface area contributed by atoms with Crippen molar-refractivity contribution in [1.82, 2.24) is 14.6 Å². The summed E-state index contributed by atoms with van der Waals surface area (Å²) in [6.07, 6.45) is 7.07. The predicted octanol–water partition coefficient (Wildman–Crippen LogP) is 2.74. The Morgan fingerprint density at radius 2 is 1.84 bits per heavy atom. The van der Waals surface area contributed by atoms with E-state index in [1.807, 2.05) is 43.3 Å². The predicted molar refractivity (Wildman–Crippen MR) is 125 cm³/mol. The van der Waals surface area contributed by atoms with Crippen molar-refractivity contribution < 1.29 is 13.2 Å². The molecule has 1 fully saturated rings. The van der Waals surface area contributed by atoms with E-state index in [1.54, 1.807) is 12.3 Å². The Morgan fingerprint density at radius 3 is 2.56 bits per heavy atom. The third-order valence-electron chi connectivity index (χ3n) is 6.53. The highest BCUT2D eigenvalue weighted by Crippen LogP contribution is 2.28. The molecule has 0 unspecified atom stereocenters. The summed E-state index contributed by atoms with van der Waals surface area (Å²) in [6, 6.07) is 9.39. The van der Waals surface area contributed by atoms with Crippen molar-refractivity contribution in [3.8, 4) is 0 Å². The molecule has 4 rings (SSSR count). The van der Waals surface area contributed by atoms with Crippen molar-refractivity contribution in [3.05, 3.63) is 53.2 Å². The van der Waals surface area contributed by atoms with Gasteiger partial charge in [-0.1, -0.05) is 12.1 Å². The molecule has 1 N–H and O–H groups in total. The lowest BCUT2D eigenvalue weighted by Crippen LogP contribution is -2.43. The molecular weight excluding hydrogens is 424 g/mol. The maximum atomic E-state index is 13.2. The van der Waals surface area contributed by atoms with Crippen LogP contribution in [-0.4, -0.2) is 50.8 Å². The number of rotatable bonds is 6. The highest BCUT2D eigenvalue weighted by Gasteiger charge is 2.32. The average molecular weight is 457 g/mol. The van der Waals surface area contributed by atoms with Crippen LogP contribution < -0.4 is 10.2 Å². The molecule has 7 nitrogen and oxygen atoms in total. The number of aromatic nitrogens is 1. The van der Waals surface area contributed by atoms with E-state index in [0.29, 0.717) is 37.4 Å². The van der Waals surface area contributed by atoms with Gasteiger partial charge in [0.2, 0.25) is 15.9 Å². The third kappa shape index (κ3) is 4.81. The number of pyridine rings is 1. The van der Waals surface area contributed by atoms with Gasteiger partial charge in [-0.15, -0.1) is 0 Å². The second kappa shape index (κ2) is 9.58. The number of aryl methyl sites for hydroxylation is 2. The van der Waals surface area contributed by atoms with Crippen molar-refractivity contribution in [1.29, 1.82) is 0 Å². The van der Waals surface area contributed by atoms with Crippen LogP contribution in [0.4, 0.5) is 5.82 Å². The fraction of sp³-hybridized carbons (Fsp3) is 0.500. The molecular formula is C24H32N4O3S. The fourth-order valence-corrected chi connectivity index (χ4v) is 6.20. The second-order valence-corrected chi connectivity index (χ2v) is 10.9. The molecule has 1 amide bonds. The first kappa shape index (κ1) is 22.7. The summed E-state index contributed by atoms with van der Waals surface area (Å²) < 4.78 is 27.9. The lowest BCUT2D eigenvalue weighted by molar-refractivity contribution is -0.126. The first-order valence-corrected chi connectivity index (χ1v) is 12.8. The Balaban J connectivity index is 1.35. The minimum atomic E-state index is -3.53. The van der Waals surface area contributed by atoms with Gasteiger partial charge in [-0.05, 0) is 67.9 Å². The van der Waals surface area contributed by atoms with Gasteiger partial charge in [0.25, 0.3) is 0 Å². The molecule has 8 heteroatoms. The number of benzene rings is 1. The Morgan fingerprint density at radius 1 is 1.12 bits per heavy atom. The monoisotopic (exact) mass is 456 g/mol. The van der Waals surface area contributed by atoms with Crippen molar-refractivity contribution in [2.45, 2.75) is 50.0 Å². The van der Waals surface area contributed by atoms with Crippen LogP contribution in [0.5, 0.6) is 0 Å². The number of hydrogen-bond acceptors (Lipinski definition) is 5. The summed E-state index contributed by atoms with van der Waals surface area (Å²) in [5.41, 5.74) is 3.40. The number of piperidine rings is 1. The maximum absolute atomic E-state index is 13.2. The number of sulfonamides is 1. The van der Waals surface area contributed by atoms with Crippen LogP contribution in [0.25, 0.3) is 0 Å². The van der Waals surface area contributed by atoms with Gasteiger partial charge in [0.15, 0.2) is 0 Å². The van der Waals surface area contributed by atoms with E-state index in [4.69, 9.17) is 0 Å². The van der Waals surface area contributed by atoms with Gasteiger partial charge >= 0.3 is 0 Å². The highest BCUT2D eigenvalue weighted by molar-refractivity contribution is 7.89. The zero-order valence-corrected chi connectivity index (χ0v) is 19.7. The molecule has 0 radical (unpaired) electrons. The van der Waals surface area contributed by atoms with Crippen LogP contribution in [0.2, 0.25) is 0 Å². The lowest BCUT2D eigenvalue weighted by Gasteiger charge is -2.31. The molecule has 2 aliphatic rings. The molecule has 32 heavy (non-hydrogen) atoms. The first-order valence-electron chi connectivity index (χ1n) is 11.4. The summed E-state index contributed by atoms with van der Waals surface area (Å²) in [5.74, 6) is 0.632. The van der Waals surface area contributed by atoms with Crippen LogP contribution in [0.3, 0.4) is 0 Å². The number of carbonyl (C=O) groups excluding carboxylic acids is 1. The van der Waals surface area contributed by atoms with Crippen LogP contribution in [0.1, 0.15) is 42.4 Å². The molecule has 2 heterocycles. The molecule has 2 aromatic rings. The topological polar surface area (TPSA) is 82.6 Å². The Hall–Kier alpha value is -2.45. The van der Waals surface area contributed by atoms with Crippen molar-refractivity contribution in [3.63, 3.8) is 0 Å². The van der Waals surface area contributed by atoms with Crippen molar-refractivity contribution in [2.24, 2.45) is 5.92 Å². The molecule has 0 spiro atoms. The SMILES string of the molecule is CN(C)c1ncccc1CNC(=O)C1CCN(S(=O)(=O)c2ccc3c(c2)CCCC3)CC1. The summed E-state index contributed by atoms with van der Waals surface area (Å²) in [5, 5.41) is 3.01. The van der Waals surface area contributed by atoms with Gasteiger partial charge in [-0.3, -0.25) is 4.79 Å². The van der Waals surface area contributed by atoms with Crippen LogP contribution >= 0.6 is 0 Å². The molecule has 172 valence electrons. The molecule has 0 bridgehead atoms. The number of nitrogens with zero attached hydrogens (tertiary/aromatic N) is 3. The average Bonchev–Trinajstić information content (AvgIpc) is 2.82. The summed E-state index contributed by atoms with van der Waals surface area (Å²) in [4.78, 5) is 19.4. The lowest BCUT2D eigenvalue weighted by atomic mass is 9.92. The Labute approximate surface area is 190 Å². The number of nitrogens with one attached hydrogen (secondary N) is 1. The van der Waals surface area contributed by atoms with E-state index in [0.717, 1.165) is 30.6 Å². The zero-order valence-electron chi connectivity index (χ0n) is 18.9. The van der Waals surface area contributed by atoms with E-state index in [-0.39, 0.29) is 11.8 Å².